The lowest BCUT2D eigenvalue weighted by atomic mass is 10.3. The van der Waals surface area contributed by atoms with Crippen LogP contribution in [0, 0.1) is 0 Å². The predicted molar refractivity (Wildman–Crippen MR) is 68.7 cm³/mol. The van der Waals surface area contributed by atoms with E-state index in [2.05, 4.69) is 21.8 Å². The first-order chi connectivity index (χ1) is 8.24. The van der Waals surface area contributed by atoms with Crippen molar-refractivity contribution in [2.24, 2.45) is 0 Å². The molecule has 4 nitrogen and oxygen atoms in total. The number of rotatable bonds is 1. The summed E-state index contributed by atoms with van der Waals surface area (Å²) in [6, 6.07) is 6.31. The Balaban J connectivity index is 1.93. The summed E-state index contributed by atoms with van der Waals surface area (Å²) in [6.07, 6.45) is 0. The summed E-state index contributed by atoms with van der Waals surface area (Å²) in [5, 5.41) is 0.621. The molecular weight excluding hydrogens is 238 g/mol. The lowest BCUT2D eigenvalue weighted by Gasteiger charge is -2.31. The molecule has 0 N–H and O–H groups in total. The second-order valence-electron chi connectivity index (χ2n) is 4.37. The average molecular weight is 252 g/mol. The molecule has 0 spiro atoms. The van der Waals surface area contributed by atoms with Crippen LogP contribution >= 0.6 is 11.6 Å². The molecule has 17 heavy (non-hydrogen) atoms. The van der Waals surface area contributed by atoms with Crippen LogP contribution in [0.5, 0.6) is 0 Å². The van der Waals surface area contributed by atoms with Crippen molar-refractivity contribution >= 4 is 28.7 Å². The molecule has 0 unspecified atom stereocenters. The number of aromatic nitrogens is 1. The number of para-hydroxylation sites is 1. The Hall–Kier alpha value is -1.26. The molecule has 1 aromatic carbocycles. The van der Waals surface area contributed by atoms with Gasteiger partial charge in [-0.1, -0.05) is 17.7 Å². The maximum Gasteiger partial charge on any atom is 0.298 e. The minimum atomic E-state index is 0.621. The monoisotopic (exact) mass is 251 g/mol. The zero-order valence-corrected chi connectivity index (χ0v) is 10.4. The van der Waals surface area contributed by atoms with E-state index in [1.54, 1.807) is 0 Å². The summed E-state index contributed by atoms with van der Waals surface area (Å²) in [7, 11) is 2.13. The van der Waals surface area contributed by atoms with Crippen LogP contribution in [0.15, 0.2) is 22.6 Å². The molecule has 1 aliphatic rings. The van der Waals surface area contributed by atoms with E-state index in [1.165, 1.54) is 0 Å². The van der Waals surface area contributed by atoms with Gasteiger partial charge in [0, 0.05) is 26.2 Å². The molecule has 2 heterocycles. The summed E-state index contributed by atoms with van der Waals surface area (Å²) >= 11 is 6.07. The van der Waals surface area contributed by atoms with Gasteiger partial charge in [-0.15, -0.1) is 0 Å². The van der Waals surface area contributed by atoms with Gasteiger partial charge in [0.1, 0.15) is 5.52 Å². The highest BCUT2D eigenvalue weighted by Crippen LogP contribution is 2.28. The molecule has 1 saturated heterocycles. The Morgan fingerprint density at radius 2 is 2.00 bits per heavy atom. The van der Waals surface area contributed by atoms with Crippen molar-refractivity contribution in [3.05, 3.63) is 23.2 Å². The second kappa shape index (κ2) is 4.20. The Morgan fingerprint density at radius 1 is 1.24 bits per heavy atom. The smallest absolute Gasteiger partial charge is 0.298 e. The van der Waals surface area contributed by atoms with Crippen molar-refractivity contribution in [2.75, 3.05) is 38.1 Å². The second-order valence-corrected chi connectivity index (χ2v) is 4.78. The molecule has 0 amide bonds. The molecule has 1 fully saturated rings. The lowest BCUT2D eigenvalue weighted by molar-refractivity contribution is 0.305. The standard InChI is InChI=1S/C12H14ClN3O/c1-15-5-7-16(8-6-15)12-14-10-4-2-3-9(13)11(10)17-12/h2-4H,5-8H2,1H3. The summed E-state index contributed by atoms with van der Waals surface area (Å²) in [5.41, 5.74) is 1.51. The van der Waals surface area contributed by atoms with Crippen LogP contribution in [0.3, 0.4) is 0 Å². The van der Waals surface area contributed by atoms with Crippen LogP contribution in [0.4, 0.5) is 6.01 Å². The van der Waals surface area contributed by atoms with Crippen LogP contribution in [0.1, 0.15) is 0 Å². The fourth-order valence-electron chi connectivity index (χ4n) is 2.04. The lowest BCUT2D eigenvalue weighted by Crippen LogP contribution is -2.44. The highest BCUT2D eigenvalue weighted by Gasteiger charge is 2.19. The van der Waals surface area contributed by atoms with E-state index in [9.17, 15) is 0 Å². The topological polar surface area (TPSA) is 32.5 Å². The number of hydrogen-bond acceptors (Lipinski definition) is 4. The minimum Gasteiger partial charge on any atom is -0.422 e. The van der Waals surface area contributed by atoms with Crippen molar-refractivity contribution < 1.29 is 4.42 Å². The summed E-state index contributed by atoms with van der Waals surface area (Å²) < 4.78 is 5.74. The molecule has 90 valence electrons. The molecule has 2 aromatic rings. The van der Waals surface area contributed by atoms with E-state index in [1.807, 2.05) is 18.2 Å². The summed E-state index contributed by atoms with van der Waals surface area (Å²) in [4.78, 5) is 8.94. The molecule has 1 aromatic heterocycles. The van der Waals surface area contributed by atoms with Gasteiger partial charge in [-0.2, -0.15) is 4.98 Å². The summed E-state index contributed by atoms with van der Waals surface area (Å²) in [5.74, 6) is 0. The largest absolute Gasteiger partial charge is 0.422 e. The van der Waals surface area contributed by atoms with Crippen molar-refractivity contribution in [2.45, 2.75) is 0 Å². The maximum atomic E-state index is 6.07. The number of halogens is 1. The van der Waals surface area contributed by atoms with Gasteiger partial charge < -0.3 is 14.2 Å². The SMILES string of the molecule is CN1CCN(c2nc3cccc(Cl)c3o2)CC1. The zero-order valence-electron chi connectivity index (χ0n) is 9.69. The van der Waals surface area contributed by atoms with Gasteiger partial charge in [0.25, 0.3) is 6.01 Å². The Kier molecular flexibility index (Phi) is 2.68. The van der Waals surface area contributed by atoms with Crippen molar-refractivity contribution in [1.82, 2.24) is 9.88 Å². The van der Waals surface area contributed by atoms with Gasteiger partial charge >= 0.3 is 0 Å². The van der Waals surface area contributed by atoms with Crippen LogP contribution < -0.4 is 4.90 Å². The number of hydrogen-bond donors (Lipinski definition) is 0. The Morgan fingerprint density at radius 3 is 2.71 bits per heavy atom. The zero-order chi connectivity index (χ0) is 11.8. The minimum absolute atomic E-state index is 0.621. The number of likely N-dealkylation sites (N-methyl/N-ethyl adjacent to an activating group) is 1. The van der Waals surface area contributed by atoms with Crippen LogP contribution in [0.2, 0.25) is 5.02 Å². The van der Waals surface area contributed by atoms with Gasteiger partial charge in [-0.05, 0) is 19.2 Å². The van der Waals surface area contributed by atoms with Crippen molar-refractivity contribution in [1.29, 1.82) is 0 Å². The van der Waals surface area contributed by atoms with Crippen LogP contribution in [-0.2, 0) is 0 Å². The van der Waals surface area contributed by atoms with Gasteiger partial charge in [0.15, 0.2) is 5.58 Å². The molecular formula is C12H14ClN3O. The van der Waals surface area contributed by atoms with E-state index < -0.39 is 0 Å². The summed E-state index contributed by atoms with van der Waals surface area (Å²) in [6.45, 7) is 3.96. The highest BCUT2D eigenvalue weighted by molar-refractivity contribution is 6.34. The first kappa shape index (κ1) is 10.9. The number of nitrogens with zero attached hydrogens (tertiary/aromatic N) is 3. The van der Waals surface area contributed by atoms with E-state index in [-0.39, 0.29) is 0 Å². The third-order valence-electron chi connectivity index (χ3n) is 3.13. The fraction of sp³-hybridized carbons (Fsp3) is 0.417. The highest BCUT2D eigenvalue weighted by atomic mass is 35.5. The number of oxazole rings is 1. The number of piperazine rings is 1. The van der Waals surface area contributed by atoms with Gasteiger partial charge in [-0.25, -0.2) is 0 Å². The van der Waals surface area contributed by atoms with Crippen molar-refractivity contribution in [3.63, 3.8) is 0 Å². The number of anilines is 1. The third-order valence-corrected chi connectivity index (χ3v) is 3.43. The van der Waals surface area contributed by atoms with E-state index >= 15 is 0 Å². The predicted octanol–water partition coefficient (Wildman–Crippen LogP) is 2.23. The molecule has 1 aliphatic heterocycles. The first-order valence-corrected chi connectivity index (χ1v) is 6.10. The number of fused-ring (bicyclic) bond motifs is 1. The fourth-order valence-corrected chi connectivity index (χ4v) is 2.24. The van der Waals surface area contributed by atoms with Crippen LogP contribution in [-0.4, -0.2) is 43.1 Å². The molecule has 0 radical (unpaired) electrons. The average Bonchev–Trinajstić information content (AvgIpc) is 2.75. The normalized spacial score (nSPS) is 17.9. The quantitative estimate of drug-likeness (QED) is 0.778. The molecule has 0 bridgehead atoms. The first-order valence-electron chi connectivity index (χ1n) is 5.72. The molecule has 5 heteroatoms. The number of benzene rings is 1. The molecule has 3 rings (SSSR count). The van der Waals surface area contributed by atoms with Gasteiger partial charge in [0.2, 0.25) is 0 Å². The van der Waals surface area contributed by atoms with E-state index in [0.717, 1.165) is 31.7 Å². The maximum absolute atomic E-state index is 6.07. The van der Waals surface area contributed by atoms with Gasteiger partial charge in [0.05, 0.1) is 5.02 Å². The molecule has 0 aliphatic carbocycles. The van der Waals surface area contributed by atoms with Crippen molar-refractivity contribution in [3.8, 4) is 0 Å². The molecule has 0 atom stereocenters. The van der Waals surface area contributed by atoms with E-state index in [0.29, 0.717) is 16.6 Å². The Bertz CT molecular complexity index is 532. The van der Waals surface area contributed by atoms with E-state index in [4.69, 9.17) is 16.0 Å². The molecule has 0 saturated carbocycles. The third kappa shape index (κ3) is 1.98. The Labute approximate surface area is 105 Å². The van der Waals surface area contributed by atoms with Crippen LogP contribution in [0.25, 0.3) is 11.1 Å². The van der Waals surface area contributed by atoms with Gasteiger partial charge in [-0.3, -0.25) is 0 Å².